The Morgan fingerprint density at radius 3 is 0.762 bits per heavy atom. The summed E-state index contributed by atoms with van der Waals surface area (Å²) in [5, 5.41) is 0. The molecular formula is C40H83NO. The van der Waals surface area contributed by atoms with Crippen LogP contribution in [0.4, 0.5) is 0 Å². The summed E-state index contributed by atoms with van der Waals surface area (Å²) >= 11 is 0. The molecule has 42 heavy (non-hydrogen) atoms. The van der Waals surface area contributed by atoms with Crippen molar-refractivity contribution in [1.82, 2.24) is 4.90 Å². The van der Waals surface area contributed by atoms with Crippen molar-refractivity contribution in [2.45, 2.75) is 239 Å². The zero-order valence-corrected chi connectivity index (χ0v) is 30.2. The minimum atomic E-state index is 0.280. The average Bonchev–Trinajstić information content (AvgIpc) is 2.99. The van der Waals surface area contributed by atoms with Crippen LogP contribution in [0.15, 0.2) is 0 Å². The molecule has 0 spiro atoms. The van der Waals surface area contributed by atoms with Gasteiger partial charge in [-0.2, -0.15) is 0 Å². The van der Waals surface area contributed by atoms with Crippen molar-refractivity contribution >= 4 is 0 Å². The second-order valence-corrected chi connectivity index (χ2v) is 13.7. The Morgan fingerprint density at radius 2 is 0.548 bits per heavy atom. The van der Waals surface area contributed by atoms with E-state index in [-0.39, 0.29) is 6.23 Å². The van der Waals surface area contributed by atoms with Crippen molar-refractivity contribution in [1.29, 1.82) is 0 Å². The lowest BCUT2D eigenvalue weighted by Crippen LogP contribution is -2.36. The molecular weight excluding hydrogens is 510 g/mol. The predicted molar refractivity (Wildman–Crippen MR) is 192 cm³/mol. The molecule has 0 rings (SSSR count). The number of hydrogen-bond acceptors (Lipinski definition) is 2. The normalized spacial score (nSPS) is 12.5. The zero-order chi connectivity index (χ0) is 30.6. The highest BCUT2D eigenvalue weighted by Gasteiger charge is 2.12. The summed E-state index contributed by atoms with van der Waals surface area (Å²) in [7, 11) is 0. The van der Waals surface area contributed by atoms with Gasteiger partial charge in [0.05, 0.1) is 0 Å². The van der Waals surface area contributed by atoms with E-state index in [0.717, 1.165) is 6.61 Å². The largest absolute Gasteiger partial charge is 0.364 e. The Kier molecular flexibility index (Phi) is 37.0. The Hall–Kier alpha value is -0.0800. The van der Waals surface area contributed by atoms with E-state index in [2.05, 4.69) is 32.6 Å². The van der Waals surface area contributed by atoms with Gasteiger partial charge in [-0.05, 0) is 26.7 Å². The van der Waals surface area contributed by atoms with E-state index in [1.807, 2.05) is 0 Å². The van der Waals surface area contributed by atoms with Gasteiger partial charge in [-0.1, -0.05) is 206 Å². The third-order valence-electron chi connectivity index (χ3n) is 9.52. The van der Waals surface area contributed by atoms with Crippen molar-refractivity contribution in [2.24, 2.45) is 0 Å². The number of unbranched alkanes of at least 4 members (excludes halogenated alkanes) is 30. The first-order chi connectivity index (χ1) is 20.8. The van der Waals surface area contributed by atoms with Gasteiger partial charge in [-0.15, -0.1) is 0 Å². The van der Waals surface area contributed by atoms with Crippen molar-refractivity contribution < 1.29 is 4.74 Å². The molecule has 2 nitrogen and oxygen atoms in total. The fraction of sp³-hybridized carbons (Fsp3) is 1.00. The van der Waals surface area contributed by atoms with Gasteiger partial charge in [0.2, 0.25) is 0 Å². The van der Waals surface area contributed by atoms with Gasteiger partial charge in [-0.25, -0.2) is 0 Å². The van der Waals surface area contributed by atoms with Crippen LogP contribution in [-0.2, 0) is 4.74 Å². The summed E-state index contributed by atoms with van der Waals surface area (Å²) < 4.78 is 5.99. The summed E-state index contributed by atoms with van der Waals surface area (Å²) in [5.74, 6) is 0. The number of hydrogen-bond donors (Lipinski definition) is 0. The summed E-state index contributed by atoms with van der Waals surface area (Å²) in [4.78, 5) is 2.62. The summed E-state index contributed by atoms with van der Waals surface area (Å²) in [5.41, 5.74) is 0. The maximum atomic E-state index is 5.99. The topological polar surface area (TPSA) is 12.5 Å². The predicted octanol–water partition coefficient (Wildman–Crippen LogP) is 14.2. The molecule has 1 atom stereocenters. The molecule has 0 aliphatic rings. The van der Waals surface area contributed by atoms with Crippen LogP contribution in [-0.4, -0.2) is 30.8 Å². The molecule has 0 aromatic heterocycles. The van der Waals surface area contributed by atoms with Gasteiger partial charge in [-0.3, -0.25) is 4.90 Å². The van der Waals surface area contributed by atoms with E-state index in [1.54, 1.807) is 0 Å². The van der Waals surface area contributed by atoms with E-state index in [9.17, 15) is 0 Å². The standard InChI is InChI=1S/C40H83NO/c1-5-8-10-12-14-16-18-20-22-24-26-28-30-32-34-36-38-41(40(4)42-7-3)39-37-35-33-31-29-27-25-23-21-19-17-15-13-11-9-6-2/h40H,5-39H2,1-4H3. The first-order valence-electron chi connectivity index (χ1n) is 20.1. The molecule has 0 saturated heterocycles. The molecule has 254 valence electrons. The summed E-state index contributed by atoms with van der Waals surface area (Å²) in [6.45, 7) is 12.3. The minimum absolute atomic E-state index is 0.280. The monoisotopic (exact) mass is 594 g/mol. The molecule has 0 radical (unpaired) electrons. The second-order valence-electron chi connectivity index (χ2n) is 13.7. The van der Waals surface area contributed by atoms with Crippen LogP contribution in [0.3, 0.4) is 0 Å². The molecule has 0 fully saturated rings. The second kappa shape index (κ2) is 37.1. The van der Waals surface area contributed by atoms with Crippen molar-refractivity contribution in [3.8, 4) is 0 Å². The van der Waals surface area contributed by atoms with Crippen LogP contribution in [0.1, 0.15) is 233 Å². The summed E-state index contributed by atoms with van der Waals surface area (Å²) in [6.07, 6.45) is 46.4. The molecule has 0 aromatic rings. The SMILES string of the molecule is CCCCCCCCCCCCCCCCCCN(CCCCCCCCCCCCCCCCCC)C(C)OCC. The molecule has 0 aromatic carbocycles. The Bertz CT molecular complexity index is 431. The fourth-order valence-corrected chi connectivity index (χ4v) is 6.55. The van der Waals surface area contributed by atoms with Crippen LogP contribution in [0.25, 0.3) is 0 Å². The molecule has 0 saturated carbocycles. The fourth-order valence-electron chi connectivity index (χ4n) is 6.55. The molecule has 0 aliphatic heterocycles. The Morgan fingerprint density at radius 1 is 0.333 bits per heavy atom. The van der Waals surface area contributed by atoms with Crippen molar-refractivity contribution in [2.75, 3.05) is 19.7 Å². The van der Waals surface area contributed by atoms with E-state index < -0.39 is 0 Å². The zero-order valence-electron chi connectivity index (χ0n) is 30.2. The van der Waals surface area contributed by atoms with Crippen LogP contribution in [0.5, 0.6) is 0 Å². The van der Waals surface area contributed by atoms with Gasteiger partial charge in [0.1, 0.15) is 6.23 Å². The van der Waals surface area contributed by atoms with Gasteiger partial charge < -0.3 is 4.74 Å². The Balaban J connectivity index is 3.57. The smallest absolute Gasteiger partial charge is 0.107 e. The molecule has 0 aliphatic carbocycles. The molecule has 0 amide bonds. The van der Waals surface area contributed by atoms with Gasteiger partial charge in [0, 0.05) is 19.7 Å². The van der Waals surface area contributed by atoms with Crippen molar-refractivity contribution in [3.05, 3.63) is 0 Å². The van der Waals surface area contributed by atoms with E-state index in [0.29, 0.717) is 0 Å². The number of ether oxygens (including phenoxy) is 1. The van der Waals surface area contributed by atoms with Gasteiger partial charge in [0.25, 0.3) is 0 Å². The van der Waals surface area contributed by atoms with Crippen LogP contribution in [0, 0.1) is 0 Å². The molecule has 2 heteroatoms. The van der Waals surface area contributed by atoms with E-state index in [1.165, 1.54) is 219 Å². The van der Waals surface area contributed by atoms with E-state index in [4.69, 9.17) is 4.74 Å². The van der Waals surface area contributed by atoms with Crippen molar-refractivity contribution in [3.63, 3.8) is 0 Å². The first kappa shape index (κ1) is 41.9. The third kappa shape index (κ3) is 32.8. The van der Waals surface area contributed by atoms with Crippen LogP contribution >= 0.6 is 0 Å². The average molecular weight is 594 g/mol. The molecule has 0 heterocycles. The molecule has 0 bridgehead atoms. The lowest BCUT2D eigenvalue weighted by atomic mass is 10.0. The number of rotatable bonds is 37. The van der Waals surface area contributed by atoms with Crippen LogP contribution in [0.2, 0.25) is 0 Å². The highest BCUT2D eigenvalue weighted by Crippen LogP contribution is 2.16. The quantitative estimate of drug-likeness (QED) is 0.0524. The first-order valence-corrected chi connectivity index (χ1v) is 20.1. The maximum Gasteiger partial charge on any atom is 0.107 e. The Labute approximate surface area is 268 Å². The van der Waals surface area contributed by atoms with Gasteiger partial charge >= 0.3 is 0 Å². The highest BCUT2D eigenvalue weighted by atomic mass is 16.5. The van der Waals surface area contributed by atoms with Crippen LogP contribution < -0.4 is 0 Å². The highest BCUT2D eigenvalue weighted by molar-refractivity contribution is 4.62. The minimum Gasteiger partial charge on any atom is -0.364 e. The van der Waals surface area contributed by atoms with Gasteiger partial charge in [0.15, 0.2) is 0 Å². The molecule has 1 unspecified atom stereocenters. The number of nitrogens with zero attached hydrogens (tertiary/aromatic N) is 1. The summed E-state index contributed by atoms with van der Waals surface area (Å²) in [6, 6.07) is 0. The third-order valence-corrected chi connectivity index (χ3v) is 9.52. The lowest BCUT2D eigenvalue weighted by molar-refractivity contribution is -0.0434. The lowest BCUT2D eigenvalue weighted by Gasteiger charge is -2.28. The molecule has 0 N–H and O–H groups in total. The maximum absolute atomic E-state index is 5.99. The van der Waals surface area contributed by atoms with E-state index >= 15 is 0 Å².